The van der Waals surface area contributed by atoms with Crippen LogP contribution >= 0.6 is 0 Å². The lowest BCUT2D eigenvalue weighted by atomic mass is 9.54. The fourth-order valence-electron chi connectivity index (χ4n) is 6.27. The standard InChI is InChI=1S/C27H45NO2.C2H6O.C2H6.CH4/c1-8-11-14-28-17-21-15-20(18(4)26(5,6)7)16-23-27(21,10-3)24-19(9-2)12-13-22(29)25(24)30-23;1-3-2;1-2;/h12-13,18,20-21,23,28-29H,8-11,14-17H2,1-7H3;1-2H3;1-2H3;1H4/t18-,20+,21?,23+,27-;;;/m1.../s1. The number of rotatable bonds is 8. The van der Waals surface area contributed by atoms with Crippen molar-refractivity contribution in [2.45, 2.75) is 120 Å². The molecular weight excluding hydrogens is 446 g/mol. The molecule has 1 aromatic carbocycles. The van der Waals surface area contributed by atoms with Gasteiger partial charge in [0.15, 0.2) is 11.5 Å². The Kier molecular flexibility index (Phi) is 15.3. The highest BCUT2D eigenvalue weighted by Gasteiger charge is 2.58. The van der Waals surface area contributed by atoms with Crippen LogP contribution in [0.5, 0.6) is 11.5 Å². The second kappa shape index (κ2) is 15.9. The van der Waals surface area contributed by atoms with Crippen molar-refractivity contribution in [2.75, 3.05) is 27.3 Å². The lowest BCUT2D eigenvalue weighted by Crippen LogP contribution is -2.54. The van der Waals surface area contributed by atoms with Gasteiger partial charge in [-0.3, -0.25) is 0 Å². The highest BCUT2D eigenvalue weighted by Crippen LogP contribution is 2.60. The SMILES string of the molecule is C.CC.CCCCNCC1C[C@H]([C@@H](C)C(C)(C)C)C[C@@H]2Oc3c(O)ccc(CC)c3[C@]12CC.COC. The number of methoxy groups -OCH3 is 1. The molecule has 0 bridgehead atoms. The van der Waals surface area contributed by atoms with Gasteiger partial charge in [0.2, 0.25) is 0 Å². The van der Waals surface area contributed by atoms with Crippen molar-refractivity contribution < 1.29 is 14.6 Å². The minimum atomic E-state index is 0. The Morgan fingerprint density at radius 1 is 1.14 bits per heavy atom. The third-order valence-electron chi connectivity index (χ3n) is 8.49. The van der Waals surface area contributed by atoms with E-state index >= 15 is 0 Å². The lowest BCUT2D eigenvalue weighted by molar-refractivity contribution is -0.0112. The van der Waals surface area contributed by atoms with Crippen LogP contribution in [-0.4, -0.2) is 38.5 Å². The quantitative estimate of drug-likeness (QED) is 0.347. The van der Waals surface area contributed by atoms with E-state index in [4.69, 9.17) is 4.74 Å². The van der Waals surface area contributed by atoms with E-state index in [2.05, 4.69) is 64.6 Å². The van der Waals surface area contributed by atoms with Crippen LogP contribution in [0.2, 0.25) is 0 Å². The van der Waals surface area contributed by atoms with Crippen LogP contribution in [0.4, 0.5) is 0 Å². The molecule has 0 saturated heterocycles. The minimum Gasteiger partial charge on any atom is -0.504 e. The van der Waals surface area contributed by atoms with Gasteiger partial charge < -0.3 is 19.9 Å². The van der Waals surface area contributed by atoms with E-state index in [1.54, 1.807) is 14.2 Å². The number of fused-ring (bicyclic) bond motifs is 3. The van der Waals surface area contributed by atoms with Crippen molar-refractivity contribution in [3.05, 3.63) is 23.3 Å². The van der Waals surface area contributed by atoms with Crippen molar-refractivity contribution >= 4 is 0 Å². The van der Waals surface area contributed by atoms with Crippen LogP contribution in [0.1, 0.15) is 113 Å². The molecule has 5 atom stereocenters. The molecule has 0 radical (unpaired) electrons. The monoisotopic (exact) mass is 507 g/mol. The number of phenolic OH excluding ortho intramolecular Hbond substituents is 1. The molecule has 1 heterocycles. The molecule has 2 aliphatic rings. The average molecular weight is 508 g/mol. The first-order chi connectivity index (χ1) is 16.6. The van der Waals surface area contributed by atoms with E-state index in [0.717, 1.165) is 38.1 Å². The maximum absolute atomic E-state index is 10.7. The third kappa shape index (κ3) is 7.40. The Hall–Kier alpha value is -1.26. The van der Waals surface area contributed by atoms with Gasteiger partial charge in [-0.1, -0.05) is 82.2 Å². The number of phenols is 1. The number of ether oxygens (including phenoxy) is 2. The van der Waals surface area contributed by atoms with Crippen LogP contribution < -0.4 is 10.1 Å². The van der Waals surface area contributed by atoms with E-state index in [-0.39, 0.29) is 18.9 Å². The summed E-state index contributed by atoms with van der Waals surface area (Å²) in [6, 6.07) is 3.96. The smallest absolute Gasteiger partial charge is 0.165 e. The van der Waals surface area contributed by atoms with Gasteiger partial charge in [-0.25, -0.2) is 0 Å². The average Bonchev–Trinajstić information content (AvgIpc) is 3.19. The molecule has 3 rings (SSSR count). The summed E-state index contributed by atoms with van der Waals surface area (Å²) < 4.78 is 10.9. The van der Waals surface area contributed by atoms with Crippen molar-refractivity contribution in [2.24, 2.45) is 23.2 Å². The number of aryl methyl sites for hydroxylation is 1. The highest BCUT2D eigenvalue weighted by atomic mass is 16.5. The van der Waals surface area contributed by atoms with Crippen LogP contribution in [0.15, 0.2) is 12.1 Å². The molecule has 0 spiro atoms. The summed E-state index contributed by atoms with van der Waals surface area (Å²) >= 11 is 0. The predicted octanol–water partition coefficient (Wildman–Crippen LogP) is 8.39. The molecule has 4 heteroatoms. The summed E-state index contributed by atoms with van der Waals surface area (Å²) in [4.78, 5) is 0. The molecular formula is C32H61NO3. The summed E-state index contributed by atoms with van der Waals surface area (Å²) in [6.45, 7) is 22.5. The van der Waals surface area contributed by atoms with Gasteiger partial charge >= 0.3 is 0 Å². The first-order valence-electron chi connectivity index (χ1n) is 14.2. The van der Waals surface area contributed by atoms with Gasteiger partial charge in [0, 0.05) is 25.2 Å². The second-order valence-electron chi connectivity index (χ2n) is 11.4. The summed E-state index contributed by atoms with van der Waals surface area (Å²) in [5, 5.41) is 14.5. The van der Waals surface area contributed by atoms with Gasteiger partial charge in [-0.2, -0.15) is 0 Å². The largest absolute Gasteiger partial charge is 0.504 e. The van der Waals surface area contributed by atoms with Crippen LogP contribution in [-0.2, 0) is 16.6 Å². The molecule has 1 saturated carbocycles. The third-order valence-corrected chi connectivity index (χ3v) is 8.49. The molecule has 2 N–H and O–H groups in total. The molecule has 1 aromatic rings. The molecule has 212 valence electrons. The lowest BCUT2D eigenvalue weighted by Gasteiger charge is -2.50. The summed E-state index contributed by atoms with van der Waals surface area (Å²) in [5.41, 5.74) is 2.97. The van der Waals surface area contributed by atoms with Crippen LogP contribution in [0.25, 0.3) is 0 Å². The van der Waals surface area contributed by atoms with E-state index in [9.17, 15) is 5.11 Å². The Morgan fingerprint density at radius 2 is 1.75 bits per heavy atom. The number of nitrogens with one attached hydrogen (secondary N) is 1. The molecule has 1 aliphatic carbocycles. The zero-order chi connectivity index (χ0) is 26.8. The van der Waals surface area contributed by atoms with E-state index in [1.165, 1.54) is 30.4 Å². The zero-order valence-corrected chi connectivity index (χ0v) is 24.9. The van der Waals surface area contributed by atoms with E-state index in [0.29, 0.717) is 28.9 Å². The zero-order valence-electron chi connectivity index (χ0n) is 24.9. The van der Waals surface area contributed by atoms with E-state index < -0.39 is 0 Å². The second-order valence-corrected chi connectivity index (χ2v) is 11.4. The van der Waals surface area contributed by atoms with Crippen LogP contribution in [0.3, 0.4) is 0 Å². The number of hydrogen-bond acceptors (Lipinski definition) is 4. The minimum absolute atomic E-state index is 0. The number of benzene rings is 1. The Labute approximate surface area is 224 Å². The van der Waals surface area contributed by atoms with Crippen molar-refractivity contribution in [3.63, 3.8) is 0 Å². The molecule has 1 unspecified atom stereocenters. The van der Waals surface area contributed by atoms with Gasteiger partial charge in [0.05, 0.1) is 0 Å². The Balaban J connectivity index is 0.00000190. The van der Waals surface area contributed by atoms with Gasteiger partial charge in [0.25, 0.3) is 0 Å². The summed E-state index contributed by atoms with van der Waals surface area (Å²) in [7, 11) is 3.25. The molecule has 1 aliphatic heterocycles. The maximum atomic E-state index is 10.7. The van der Waals surface area contributed by atoms with Crippen LogP contribution in [0, 0.1) is 23.2 Å². The van der Waals surface area contributed by atoms with Crippen molar-refractivity contribution in [1.29, 1.82) is 0 Å². The maximum Gasteiger partial charge on any atom is 0.165 e. The first kappa shape index (κ1) is 34.7. The normalized spacial score (nSPS) is 25.0. The van der Waals surface area contributed by atoms with Gasteiger partial charge in [-0.15, -0.1) is 0 Å². The summed E-state index contributed by atoms with van der Waals surface area (Å²) in [5.74, 6) is 2.92. The van der Waals surface area contributed by atoms with Crippen molar-refractivity contribution in [1.82, 2.24) is 5.32 Å². The molecule has 0 amide bonds. The Morgan fingerprint density at radius 3 is 2.25 bits per heavy atom. The molecule has 4 nitrogen and oxygen atoms in total. The fraction of sp³-hybridized carbons (Fsp3) is 0.812. The van der Waals surface area contributed by atoms with Gasteiger partial charge in [0.1, 0.15) is 6.10 Å². The van der Waals surface area contributed by atoms with E-state index in [1.807, 2.05) is 19.9 Å². The number of aromatic hydroxyl groups is 1. The first-order valence-corrected chi connectivity index (χ1v) is 14.2. The molecule has 0 aromatic heterocycles. The summed E-state index contributed by atoms with van der Waals surface area (Å²) in [6.07, 6.45) is 7.00. The van der Waals surface area contributed by atoms with Crippen molar-refractivity contribution in [3.8, 4) is 11.5 Å². The number of hydrogen-bond donors (Lipinski definition) is 2. The Bertz CT molecular complexity index is 742. The molecule has 36 heavy (non-hydrogen) atoms. The molecule has 1 fully saturated rings. The van der Waals surface area contributed by atoms with Gasteiger partial charge in [-0.05, 0) is 80.0 Å². The predicted molar refractivity (Wildman–Crippen MR) is 157 cm³/mol. The fourth-order valence-corrected chi connectivity index (χ4v) is 6.27. The topological polar surface area (TPSA) is 50.7 Å². The number of unbranched alkanes of at least 4 members (excludes halogenated alkanes) is 1. The highest BCUT2D eigenvalue weighted by molar-refractivity contribution is 5.58.